The van der Waals surface area contributed by atoms with Crippen molar-refractivity contribution in [2.24, 2.45) is 11.8 Å². The summed E-state index contributed by atoms with van der Waals surface area (Å²) >= 11 is 0. The number of hydrogen-bond acceptors (Lipinski definition) is 5. The van der Waals surface area contributed by atoms with Crippen molar-refractivity contribution in [2.75, 3.05) is 38.8 Å². The molecule has 0 N–H and O–H groups in total. The van der Waals surface area contributed by atoms with E-state index in [1.54, 1.807) is 19.8 Å². The Morgan fingerprint density at radius 3 is 2.87 bits per heavy atom. The zero-order valence-electron chi connectivity index (χ0n) is 17.6. The first kappa shape index (κ1) is 17.6. The molecule has 6 atom stereocenters. The maximum atomic E-state index is 13.5. The second-order valence-electron chi connectivity index (χ2n) is 9.84. The van der Waals surface area contributed by atoms with E-state index in [-0.39, 0.29) is 23.5 Å². The molecular formula is C24H28N2O4. The molecule has 5 heterocycles. The molecule has 158 valence electrons. The predicted octanol–water partition coefficient (Wildman–Crippen LogP) is 2.50. The average molecular weight is 408 g/mol. The van der Waals surface area contributed by atoms with Gasteiger partial charge < -0.3 is 19.1 Å². The van der Waals surface area contributed by atoms with Gasteiger partial charge in [-0.15, -0.1) is 0 Å². The molecule has 30 heavy (non-hydrogen) atoms. The van der Waals surface area contributed by atoms with Crippen molar-refractivity contribution >= 4 is 11.6 Å². The second kappa shape index (κ2) is 5.80. The Hall–Kier alpha value is -2.05. The number of nitrogens with zero attached hydrogens (tertiary/aromatic N) is 2. The van der Waals surface area contributed by atoms with Crippen molar-refractivity contribution < 1.29 is 19.0 Å². The van der Waals surface area contributed by atoms with Gasteiger partial charge in [-0.3, -0.25) is 9.69 Å². The number of benzene rings is 1. The van der Waals surface area contributed by atoms with Crippen molar-refractivity contribution in [1.82, 2.24) is 4.90 Å². The van der Waals surface area contributed by atoms with E-state index in [2.05, 4.69) is 28.0 Å². The van der Waals surface area contributed by atoms with E-state index in [1.807, 2.05) is 0 Å². The molecule has 4 fully saturated rings. The Bertz CT molecular complexity index is 990. The largest absolute Gasteiger partial charge is 0.493 e. The van der Waals surface area contributed by atoms with Crippen LogP contribution in [0.4, 0.5) is 5.69 Å². The highest BCUT2D eigenvalue weighted by molar-refractivity contribution is 5.99. The third-order valence-corrected chi connectivity index (χ3v) is 9.04. The summed E-state index contributed by atoms with van der Waals surface area (Å²) in [7, 11) is 3.37. The fourth-order valence-corrected chi connectivity index (χ4v) is 8.12. The second-order valence-corrected chi connectivity index (χ2v) is 9.84. The number of methoxy groups -OCH3 is 2. The fraction of sp³-hybridized carbons (Fsp3) is 0.625. The first-order valence-corrected chi connectivity index (χ1v) is 11.3. The van der Waals surface area contributed by atoms with Gasteiger partial charge >= 0.3 is 0 Å². The Balaban J connectivity index is 1.52. The highest BCUT2D eigenvalue weighted by atomic mass is 16.5. The van der Waals surface area contributed by atoms with Crippen molar-refractivity contribution in [2.45, 2.75) is 49.3 Å². The molecule has 1 unspecified atom stereocenters. The van der Waals surface area contributed by atoms with Crippen LogP contribution in [0.2, 0.25) is 0 Å². The quantitative estimate of drug-likeness (QED) is 0.704. The van der Waals surface area contributed by atoms with Crippen LogP contribution in [0.5, 0.6) is 11.5 Å². The minimum atomic E-state index is -0.0398. The summed E-state index contributed by atoms with van der Waals surface area (Å²) in [5, 5.41) is 0. The monoisotopic (exact) mass is 408 g/mol. The minimum Gasteiger partial charge on any atom is -0.493 e. The third-order valence-electron chi connectivity index (χ3n) is 9.04. The molecule has 1 aromatic carbocycles. The first-order chi connectivity index (χ1) is 14.7. The summed E-state index contributed by atoms with van der Waals surface area (Å²) in [5.74, 6) is 2.57. The molecule has 1 spiro atoms. The topological polar surface area (TPSA) is 51.2 Å². The summed E-state index contributed by atoms with van der Waals surface area (Å²) in [6.45, 7) is 2.86. The average Bonchev–Trinajstić information content (AvgIpc) is 2.92. The maximum absolute atomic E-state index is 13.5. The number of fused-ring (bicyclic) bond motifs is 2. The molecule has 7 rings (SSSR count). The molecule has 2 bridgehead atoms. The molecule has 3 saturated heterocycles. The fourth-order valence-electron chi connectivity index (χ4n) is 8.12. The van der Waals surface area contributed by atoms with Crippen molar-refractivity contribution in [3.8, 4) is 11.5 Å². The molecule has 0 aromatic heterocycles. The zero-order valence-corrected chi connectivity index (χ0v) is 17.6. The summed E-state index contributed by atoms with van der Waals surface area (Å²) in [6.07, 6.45) is 6.31. The van der Waals surface area contributed by atoms with Crippen LogP contribution in [0.25, 0.3) is 0 Å². The summed E-state index contributed by atoms with van der Waals surface area (Å²) < 4.78 is 17.7. The van der Waals surface area contributed by atoms with E-state index < -0.39 is 0 Å². The number of ether oxygens (including phenoxy) is 3. The Labute approximate surface area is 176 Å². The molecule has 0 radical (unpaired) electrons. The van der Waals surface area contributed by atoms with E-state index in [0.717, 1.165) is 30.9 Å². The molecule has 6 heteroatoms. The highest BCUT2D eigenvalue weighted by Crippen LogP contribution is 2.65. The van der Waals surface area contributed by atoms with Gasteiger partial charge in [0.15, 0.2) is 11.5 Å². The highest BCUT2D eigenvalue weighted by Gasteiger charge is 2.70. The third kappa shape index (κ3) is 1.87. The summed E-state index contributed by atoms with van der Waals surface area (Å²) in [6, 6.07) is 4.88. The standard InChI is InChI=1S/C24H28N2O4/c1-28-17-9-15-16(10-18(17)29-2)26-21(27)11-19-22-14-8-20-24(15,23(22)26)5-3-6-25(20)12-13(14)4-7-30-19/h4,9-10,14,19-20,22-23H,3,5-8,11-12H2,1-2H3/t14-,19-,20?,22-,23-,24+/m0/s1. The molecule has 5 aliphatic heterocycles. The van der Waals surface area contributed by atoms with Crippen LogP contribution in [0.1, 0.15) is 31.2 Å². The summed E-state index contributed by atoms with van der Waals surface area (Å²) in [5.41, 5.74) is 3.85. The zero-order chi connectivity index (χ0) is 20.2. The van der Waals surface area contributed by atoms with Gasteiger partial charge in [-0.1, -0.05) is 11.6 Å². The van der Waals surface area contributed by atoms with Gasteiger partial charge in [0.2, 0.25) is 5.91 Å². The van der Waals surface area contributed by atoms with Gasteiger partial charge in [0.25, 0.3) is 0 Å². The van der Waals surface area contributed by atoms with E-state index in [0.29, 0.717) is 36.7 Å². The van der Waals surface area contributed by atoms with Crippen LogP contribution in [0.3, 0.4) is 0 Å². The van der Waals surface area contributed by atoms with Gasteiger partial charge in [0.1, 0.15) is 0 Å². The number of carbonyl (C=O) groups excluding carboxylic acids is 1. The molecule has 1 aromatic rings. The lowest BCUT2D eigenvalue weighted by atomic mass is 9.50. The minimum absolute atomic E-state index is 0.0295. The lowest BCUT2D eigenvalue weighted by Gasteiger charge is -2.64. The lowest BCUT2D eigenvalue weighted by Crippen LogP contribution is -2.73. The summed E-state index contributed by atoms with van der Waals surface area (Å²) in [4.78, 5) is 18.4. The lowest BCUT2D eigenvalue weighted by molar-refractivity contribution is -0.137. The molecule has 1 saturated carbocycles. The van der Waals surface area contributed by atoms with Crippen LogP contribution in [-0.4, -0.2) is 62.9 Å². The Morgan fingerprint density at radius 2 is 2.03 bits per heavy atom. The maximum Gasteiger partial charge on any atom is 0.229 e. The smallest absolute Gasteiger partial charge is 0.229 e. The van der Waals surface area contributed by atoms with E-state index in [9.17, 15) is 4.79 Å². The van der Waals surface area contributed by atoms with Crippen LogP contribution in [0, 0.1) is 11.8 Å². The molecule has 6 aliphatic rings. The normalized spacial score (nSPS) is 40.5. The predicted molar refractivity (Wildman–Crippen MR) is 111 cm³/mol. The van der Waals surface area contributed by atoms with Crippen LogP contribution >= 0.6 is 0 Å². The van der Waals surface area contributed by atoms with E-state index in [4.69, 9.17) is 14.2 Å². The van der Waals surface area contributed by atoms with Gasteiger partial charge in [-0.05, 0) is 43.4 Å². The molecule has 1 aliphatic carbocycles. The van der Waals surface area contributed by atoms with Crippen molar-refractivity contribution in [3.63, 3.8) is 0 Å². The Kier molecular flexibility index (Phi) is 3.40. The Morgan fingerprint density at radius 1 is 1.20 bits per heavy atom. The van der Waals surface area contributed by atoms with E-state index in [1.165, 1.54) is 18.4 Å². The number of amides is 1. The van der Waals surface area contributed by atoms with Gasteiger partial charge in [0, 0.05) is 30.0 Å². The van der Waals surface area contributed by atoms with Crippen LogP contribution < -0.4 is 14.4 Å². The van der Waals surface area contributed by atoms with Crippen LogP contribution in [-0.2, 0) is 14.9 Å². The van der Waals surface area contributed by atoms with Gasteiger partial charge in [-0.25, -0.2) is 0 Å². The van der Waals surface area contributed by atoms with Crippen molar-refractivity contribution in [1.29, 1.82) is 0 Å². The van der Waals surface area contributed by atoms with Gasteiger partial charge in [0.05, 0.1) is 45.1 Å². The number of anilines is 1. The molecule has 1 amide bonds. The number of piperidine rings is 3. The molecule has 6 nitrogen and oxygen atoms in total. The molecular weight excluding hydrogens is 380 g/mol. The van der Waals surface area contributed by atoms with Crippen LogP contribution in [0.15, 0.2) is 23.8 Å². The van der Waals surface area contributed by atoms with Crippen molar-refractivity contribution in [3.05, 3.63) is 29.3 Å². The number of hydrogen-bond donors (Lipinski definition) is 0. The van der Waals surface area contributed by atoms with Gasteiger partial charge in [-0.2, -0.15) is 0 Å². The number of rotatable bonds is 2. The SMILES string of the molecule is COc1cc2c(cc1OC)[C@@]13CCCN4CC5=CCO[C@H]6CC(=O)N2[C@H]1[C@H]6[C@H]5CC43. The van der Waals surface area contributed by atoms with E-state index >= 15 is 0 Å². The first-order valence-electron chi connectivity index (χ1n) is 11.3. The number of carbonyl (C=O) groups is 1.